The third kappa shape index (κ3) is 2.85. The minimum atomic E-state index is -0.0298. The molecule has 3 heteroatoms. The van der Waals surface area contributed by atoms with Crippen molar-refractivity contribution in [2.45, 2.75) is 39.7 Å². The van der Waals surface area contributed by atoms with Gasteiger partial charge in [0.1, 0.15) is 0 Å². The SMILES string of the molecule is CCCC(C)N(C)c1ccc(C(C)=O)o1. The first kappa shape index (κ1) is 11.8. The van der Waals surface area contributed by atoms with Gasteiger partial charge >= 0.3 is 0 Å². The third-order valence-corrected chi connectivity index (χ3v) is 2.65. The summed E-state index contributed by atoms with van der Waals surface area (Å²) in [6.07, 6.45) is 2.26. The minimum Gasteiger partial charge on any atom is -0.437 e. The van der Waals surface area contributed by atoms with E-state index >= 15 is 0 Å². The molecule has 0 amide bonds. The fourth-order valence-electron chi connectivity index (χ4n) is 1.54. The van der Waals surface area contributed by atoms with Crippen LogP contribution in [0.25, 0.3) is 0 Å². The first-order valence-electron chi connectivity index (χ1n) is 5.39. The van der Waals surface area contributed by atoms with Crippen LogP contribution in [0.3, 0.4) is 0 Å². The number of ketones is 1. The van der Waals surface area contributed by atoms with Gasteiger partial charge in [0, 0.05) is 26.1 Å². The quantitative estimate of drug-likeness (QED) is 0.699. The molecule has 0 fully saturated rings. The van der Waals surface area contributed by atoms with Crippen molar-refractivity contribution in [2.75, 3.05) is 11.9 Å². The Balaban J connectivity index is 2.73. The van der Waals surface area contributed by atoms with Crippen molar-refractivity contribution in [1.82, 2.24) is 0 Å². The number of furan rings is 1. The highest BCUT2D eigenvalue weighted by Gasteiger charge is 2.14. The Labute approximate surface area is 91.1 Å². The van der Waals surface area contributed by atoms with E-state index in [1.165, 1.54) is 6.92 Å². The van der Waals surface area contributed by atoms with Gasteiger partial charge in [-0.3, -0.25) is 4.79 Å². The monoisotopic (exact) mass is 209 g/mol. The molecule has 0 saturated carbocycles. The van der Waals surface area contributed by atoms with E-state index in [1.54, 1.807) is 6.07 Å². The minimum absolute atomic E-state index is 0.0298. The van der Waals surface area contributed by atoms with Crippen LogP contribution in [0.1, 0.15) is 44.2 Å². The Morgan fingerprint density at radius 3 is 2.67 bits per heavy atom. The van der Waals surface area contributed by atoms with E-state index < -0.39 is 0 Å². The van der Waals surface area contributed by atoms with E-state index in [0.29, 0.717) is 11.8 Å². The smallest absolute Gasteiger partial charge is 0.196 e. The Kier molecular flexibility index (Phi) is 3.95. The molecule has 0 aliphatic heterocycles. The zero-order chi connectivity index (χ0) is 11.4. The highest BCUT2D eigenvalue weighted by Crippen LogP contribution is 2.20. The molecule has 1 atom stereocenters. The van der Waals surface area contributed by atoms with Crippen LogP contribution in [0.15, 0.2) is 16.5 Å². The molecule has 0 saturated heterocycles. The van der Waals surface area contributed by atoms with Gasteiger partial charge in [-0.15, -0.1) is 0 Å². The molecule has 1 unspecified atom stereocenters. The van der Waals surface area contributed by atoms with Crippen molar-refractivity contribution in [3.05, 3.63) is 17.9 Å². The summed E-state index contributed by atoms with van der Waals surface area (Å²) in [5, 5.41) is 0. The maximum Gasteiger partial charge on any atom is 0.196 e. The average molecular weight is 209 g/mol. The molecule has 0 aromatic carbocycles. The fraction of sp³-hybridized carbons (Fsp3) is 0.583. The predicted molar refractivity (Wildman–Crippen MR) is 61.5 cm³/mol. The molecule has 0 spiro atoms. The van der Waals surface area contributed by atoms with Gasteiger partial charge in [0.25, 0.3) is 0 Å². The predicted octanol–water partition coefficient (Wildman–Crippen LogP) is 3.11. The van der Waals surface area contributed by atoms with Crippen LogP contribution in [0, 0.1) is 0 Å². The molecule has 15 heavy (non-hydrogen) atoms. The van der Waals surface area contributed by atoms with Crippen LogP contribution < -0.4 is 4.90 Å². The summed E-state index contributed by atoms with van der Waals surface area (Å²) in [5.41, 5.74) is 0. The van der Waals surface area contributed by atoms with Gasteiger partial charge in [-0.1, -0.05) is 13.3 Å². The van der Waals surface area contributed by atoms with Crippen molar-refractivity contribution in [3.8, 4) is 0 Å². The van der Waals surface area contributed by atoms with Crippen molar-refractivity contribution in [2.24, 2.45) is 0 Å². The lowest BCUT2D eigenvalue weighted by molar-refractivity contribution is 0.0987. The third-order valence-electron chi connectivity index (χ3n) is 2.65. The second-order valence-electron chi connectivity index (χ2n) is 3.94. The highest BCUT2D eigenvalue weighted by atomic mass is 16.4. The van der Waals surface area contributed by atoms with Crippen molar-refractivity contribution in [1.29, 1.82) is 0 Å². The van der Waals surface area contributed by atoms with Crippen LogP contribution in [0.5, 0.6) is 0 Å². The standard InChI is InChI=1S/C12H19NO2/c1-5-6-9(2)13(4)12-8-7-11(15-12)10(3)14/h7-9H,5-6H2,1-4H3. The number of anilines is 1. The summed E-state index contributed by atoms with van der Waals surface area (Å²) in [4.78, 5) is 13.1. The number of carbonyl (C=O) groups is 1. The van der Waals surface area contributed by atoms with Crippen LogP contribution in [-0.4, -0.2) is 18.9 Å². The molecule has 1 aromatic rings. The molecule has 1 aromatic heterocycles. The number of nitrogens with zero attached hydrogens (tertiary/aromatic N) is 1. The summed E-state index contributed by atoms with van der Waals surface area (Å²) in [7, 11) is 1.99. The van der Waals surface area contributed by atoms with Gasteiger partial charge in [-0.05, 0) is 19.4 Å². The van der Waals surface area contributed by atoms with Gasteiger partial charge < -0.3 is 9.32 Å². The largest absolute Gasteiger partial charge is 0.437 e. The van der Waals surface area contributed by atoms with Crippen LogP contribution in [-0.2, 0) is 0 Å². The summed E-state index contributed by atoms with van der Waals surface area (Å²) in [6.45, 7) is 5.82. The molecule has 0 N–H and O–H groups in total. The zero-order valence-corrected chi connectivity index (χ0v) is 9.91. The molecular formula is C12H19NO2. The lowest BCUT2D eigenvalue weighted by Crippen LogP contribution is -2.28. The van der Waals surface area contributed by atoms with Gasteiger partial charge in [0.15, 0.2) is 17.4 Å². The number of Topliss-reactive ketones (excluding diaryl/α,β-unsaturated/α-hetero) is 1. The van der Waals surface area contributed by atoms with Crippen molar-refractivity contribution < 1.29 is 9.21 Å². The van der Waals surface area contributed by atoms with Crippen LogP contribution in [0.4, 0.5) is 5.88 Å². The molecule has 0 bridgehead atoms. The fourth-order valence-corrected chi connectivity index (χ4v) is 1.54. The molecule has 1 heterocycles. The second kappa shape index (κ2) is 5.01. The second-order valence-corrected chi connectivity index (χ2v) is 3.94. The summed E-state index contributed by atoms with van der Waals surface area (Å²) in [6, 6.07) is 4.01. The van der Waals surface area contributed by atoms with E-state index in [4.69, 9.17) is 4.42 Å². The van der Waals surface area contributed by atoms with Crippen LogP contribution >= 0.6 is 0 Å². The van der Waals surface area contributed by atoms with E-state index in [9.17, 15) is 4.79 Å². The van der Waals surface area contributed by atoms with Gasteiger partial charge in [0.2, 0.25) is 0 Å². The molecule has 0 aliphatic carbocycles. The summed E-state index contributed by atoms with van der Waals surface area (Å²) >= 11 is 0. The Morgan fingerprint density at radius 1 is 1.53 bits per heavy atom. The number of rotatable bonds is 5. The molecule has 0 radical (unpaired) electrons. The molecular weight excluding hydrogens is 190 g/mol. The molecule has 3 nitrogen and oxygen atoms in total. The molecule has 84 valence electrons. The lowest BCUT2D eigenvalue weighted by Gasteiger charge is -2.23. The Hall–Kier alpha value is -1.25. The first-order valence-corrected chi connectivity index (χ1v) is 5.39. The van der Waals surface area contributed by atoms with Crippen molar-refractivity contribution >= 4 is 11.7 Å². The van der Waals surface area contributed by atoms with Gasteiger partial charge in [0.05, 0.1) is 0 Å². The van der Waals surface area contributed by atoms with Gasteiger partial charge in [-0.25, -0.2) is 0 Å². The van der Waals surface area contributed by atoms with Crippen LogP contribution in [0.2, 0.25) is 0 Å². The highest BCUT2D eigenvalue weighted by molar-refractivity contribution is 5.91. The Morgan fingerprint density at radius 2 is 2.20 bits per heavy atom. The summed E-state index contributed by atoms with van der Waals surface area (Å²) < 4.78 is 5.45. The normalized spacial score (nSPS) is 12.5. The van der Waals surface area contributed by atoms with E-state index in [1.807, 2.05) is 13.1 Å². The van der Waals surface area contributed by atoms with Gasteiger partial charge in [-0.2, -0.15) is 0 Å². The summed E-state index contributed by atoms with van der Waals surface area (Å²) in [5.74, 6) is 1.17. The van der Waals surface area contributed by atoms with E-state index in [0.717, 1.165) is 18.7 Å². The zero-order valence-electron chi connectivity index (χ0n) is 9.91. The average Bonchev–Trinajstić information content (AvgIpc) is 2.65. The Bertz CT molecular complexity index is 330. The maximum atomic E-state index is 11.1. The molecule has 0 aliphatic rings. The van der Waals surface area contributed by atoms with Crippen molar-refractivity contribution in [3.63, 3.8) is 0 Å². The maximum absolute atomic E-state index is 11.1. The number of hydrogen-bond acceptors (Lipinski definition) is 3. The number of carbonyl (C=O) groups excluding carboxylic acids is 1. The lowest BCUT2D eigenvalue weighted by atomic mass is 10.2. The topological polar surface area (TPSA) is 33.5 Å². The number of hydrogen-bond donors (Lipinski definition) is 0. The first-order chi connectivity index (χ1) is 7.06. The molecule has 1 rings (SSSR count). The van der Waals surface area contributed by atoms with E-state index in [2.05, 4.69) is 18.7 Å². The van der Waals surface area contributed by atoms with E-state index in [-0.39, 0.29) is 5.78 Å².